The van der Waals surface area contributed by atoms with Crippen LogP contribution in [0.4, 0.5) is 13.2 Å². The zero-order valence-corrected chi connectivity index (χ0v) is 7.71. The molecule has 0 radical (unpaired) electrons. The van der Waals surface area contributed by atoms with Gasteiger partial charge in [0.1, 0.15) is 5.75 Å². The summed E-state index contributed by atoms with van der Waals surface area (Å²) >= 11 is 0. The van der Waals surface area contributed by atoms with Gasteiger partial charge in [-0.1, -0.05) is 6.07 Å². The van der Waals surface area contributed by atoms with Crippen molar-refractivity contribution < 1.29 is 23.1 Å². The quantitative estimate of drug-likeness (QED) is 0.766. The molecule has 0 amide bonds. The first kappa shape index (κ1) is 11.8. The van der Waals surface area contributed by atoms with Crippen LogP contribution in [0.25, 0.3) is 0 Å². The smallest absolute Gasteiger partial charge is 0.416 e. The van der Waals surface area contributed by atoms with Crippen LogP contribution in [-0.4, -0.2) is 11.7 Å². The van der Waals surface area contributed by atoms with Gasteiger partial charge in [-0.3, -0.25) is 0 Å². The van der Waals surface area contributed by atoms with Crippen LogP contribution in [0.15, 0.2) is 18.2 Å². The Morgan fingerprint density at radius 1 is 1.33 bits per heavy atom. The largest absolute Gasteiger partial charge is 0.508 e. The molecule has 0 unspecified atom stereocenters. The molecule has 0 heterocycles. The summed E-state index contributed by atoms with van der Waals surface area (Å²) < 4.78 is 36.6. The van der Waals surface area contributed by atoms with E-state index in [1.165, 1.54) is 6.07 Å². The van der Waals surface area contributed by atoms with E-state index >= 15 is 0 Å². The van der Waals surface area contributed by atoms with E-state index in [4.69, 9.17) is 5.90 Å². The minimum atomic E-state index is -4.44. The van der Waals surface area contributed by atoms with E-state index in [0.717, 1.165) is 6.07 Å². The lowest BCUT2D eigenvalue weighted by Gasteiger charge is -2.09. The van der Waals surface area contributed by atoms with Gasteiger partial charge >= 0.3 is 6.18 Å². The van der Waals surface area contributed by atoms with Crippen molar-refractivity contribution in [3.8, 4) is 5.75 Å². The van der Waals surface area contributed by atoms with Crippen LogP contribution in [0, 0.1) is 0 Å². The Labute approximate surface area is 84.2 Å². The van der Waals surface area contributed by atoms with Gasteiger partial charge in [-0.25, -0.2) is 5.90 Å². The third-order valence-corrected chi connectivity index (χ3v) is 1.90. The maximum absolute atomic E-state index is 12.2. The molecule has 0 aliphatic heterocycles. The molecular weight excluding hydrogens is 211 g/mol. The Morgan fingerprint density at radius 3 is 2.47 bits per heavy atom. The first-order valence-electron chi connectivity index (χ1n) is 4.16. The van der Waals surface area contributed by atoms with Crippen molar-refractivity contribution >= 4 is 0 Å². The number of benzene rings is 1. The predicted molar refractivity (Wildman–Crippen MR) is 47.0 cm³/mol. The standard InChI is InChI=1S/C9H10F3NO2/c10-9(11,12)7-2-1-6(3-4-15-13)8(14)5-7/h1-2,5,14H,3-4,13H2. The number of phenolic OH excluding ortho intramolecular Hbond substituents is 1. The van der Waals surface area contributed by atoms with Crippen molar-refractivity contribution in [2.24, 2.45) is 5.90 Å². The van der Waals surface area contributed by atoms with Gasteiger partial charge in [0.15, 0.2) is 0 Å². The highest BCUT2D eigenvalue weighted by atomic mass is 19.4. The molecule has 84 valence electrons. The molecular formula is C9H10F3NO2. The van der Waals surface area contributed by atoms with Gasteiger partial charge in [-0.15, -0.1) is 0 Å². The first-order valence-corrected chi connectivity index (χ1v) is 4.16. The molecule has 0 spiro atoms. The van der Waals surface area contributed by atoms with Crippen LogP contribution in [0.1, 0.15) is 11.1 Å². The Morgan fingerprint density at radius 2 is 2.00 bits per heavy atom. The Bertz CT molecular complexity index is 339. The summed E-state index contributed by atoms with van der Waals surface area (Å²) in [7, 11) is 0. The van der Waals surface area contributed by atoms with Gasteiger partial charge in [0.2, 0.25) is 0 Å². The SMILES string of the molecule is NOCCc1ccc(C(F)(F)F)cc1O. The zero-order chi connectivity index (χ0) is 11.5. The molecule has 1 rings (SSSR count). The van der Waals surface area contributed by atoms with E-state index in [1.54, 1.807) is 0 Å². The third kappa shape index (κ3) is 3.10. The second kappa shape index (κ2) is 4.50. The summed E-state index contributed by atoms with van der Waals surface area (Å²) in [4.78, 5) is 4.26. The molecule has 0 aliphatic rings. The minimum absolute atomic E-state index is 0.138. The highest BCUT2D eigenvalue weighted by molar-refractivity contribution is 5.37. The topological polar surface area (TPSA) is 55.5 Å². The summed E-state index contributed by atoms with van der Waals surface area (Å²) in [5, 5.41) is 9.28. The van der Waals surface area contributed by atoms with E-state index < -0.39 is 17.5 Å². The maximum Gasteiger partial charge on any atom is 0.416 e. The Hall–Kier alpha value is -1.27. The summed E-state index contributed by atoms with van der Waals surface area (Å²) in [5.74, 6) is 4.36. The monoisotopic (exact) mass is 221 g/mol. The highest BCUT2D eigenvalue weighted by Crippen LogP contribution is 2.32. The van der Waals surface area contributed by atoms with Gasteiger partial charge < -0.3 is 9.94 Å². The molecule has 15 heavy (non-hydrogen) atoms. The summed E-state index contributed by atoms with van der Waals surface area (Å²) in [6.45, 7) is 0.138. The zero-order valence-electron chi connectivity index (χ0n) is 7.71. The number of alkyl halides is 3. The van der Waals surface area contributed by atoms with Crippen LogP contribution in [-0.2, 0) is 17.4 Å². The molecule has 3 N–H and O–H groups in total. The van der Waals surface area contributed by atoms with E-state index in [-0.39, 0.29) is 13.0 Å². The molecule has 0 atom stereocenters. The van der Waals surface area contributed by atoms with Gasteiger partial charge in [0.25, 0.3) is 0 Å². The Kier molecular flexibility index (Phi) is 3.54. The molecule has 6 heteroatoms. The molecule has 1 aromatic carbocycles. The van der Waals surface area contributed by atoms with Crippen LogP contribution in [0.5, 0.6) is 5.75 Å². The predicted octanol–water partition coefficient (Wildman–Crippen LogP) is 1.84. The van der Waals surface area contributed by atoms with Crippen molar-refractivity contribution in [2.75, 3.05) is 6.61 Å². The van der Waals surface area contributed by atoms with Crippen molar-refractivity contribution in [3.05, 3.63) is 29.3 Å². The fraction of sp³-hybridized carbons (Fsp3) is 0.333. The van der Waals surface area contributed by atoms with E-state index in [2.05, 4.69) is 4.84 Å². The lowest BCUT2D eigenvalue weighted by Crippen LogP contribution is -2.06. The molecule has 0 saturated heterocycles. The van der Waals surface area contributed by atoms with Crippen LogP contribution >= 0.6 is 0 Å². The normalized spacial score (nSPS) is 11.7. The third-order valence-electron chi connectivity index (χ3n) is 1.90. The number of phenols is 1. The van der Waals surface area contributed by atoms with Crippen molar-refractivity contribution in [2.45, 2.75) is 12.6 Å². The lowest BCUT2D eigenvalue weighted by atomic mass is 10.1. The van der Waals surface area contributed by atoms with E-state index in [9.17, 15) is 18.3 Å². The molecule has 0 aromatic heterocycles. The second-order valence-electron chi connectivity index (χ2n) is 2.96. The number of hydrogen-bond donors (Lipinski definition) is 2. The van der Waals surface area contributed by atoms with Crippen LogP contribution in [0.3, 0.4) is 0 Å². The number of rotatable bonds is 3. The number of hydrogen-bond acceptors (Lipinski definition) is 3. The van der Waals surface area contributed by atoms with Crippen molar-refractivity contribution in [1.29, 1.82) is 0 Å². The summed E-state index contributed by atoms with van der Waals surface area (Å²) in [6.07, 6.45) is -4.18. The van der Waals surface area contributed by atoms with Crippen molar-refractivity contribution in [1.82, 2.24) is 0 Å². The molecule has 1 aromatic rings. The van der Waals surface area contributed by atoms with Gasteiger partial charge in [-0.05, 0) is 17.7 Å². The van der Waals surface area contributed by atoms with E-state index in [1.807, 2.05) is 0 Å². The van der Waals surface area contributed by atoms with Crippen LogP contribution < -0.4 is 5.90 Å². The van der Waals surface area contributed by atoms with Crippen molar-refractivity contribution in [3.63, 3.8) is 0 Å². The highest BCUT2D eigenvalue weighted by Gasteiger charge is 2.30. The fourth-order valence-corrected chi connectivity index (χ4v) is 1.12. The fourth-order valence-electron chi connectivity index (χ4n) is 1.12. The average molecular weight is 221 g/mol. The van der Waals surface area contributed by atoms with E-state index in [0.29, 0.717) is 11.6 Å². The molecule has 0 saturated carbocycles. The van der Waals surface area contributed by atoms with Gasteiger partial charge in [0, 0.05) is 6.42 Å². The number of aromatic hydroxyl groups is 1. The first-order chi connectivity index (χ1) is 6.95. The molecule has 0 bridgehead atoms. The second-order valence-corrected chi connectivity index (χ2v) is 2.96. The molecule has 0 fully saturated rings. The summed E-state index contributed by atoms with van der Waals surface area (Å²) in [6, 6.07) is 2.80. The number of halogens is 3. The minimum Gasteiger partial charge on any atom is -0.508 e. The van der Waals surface area contributed by atoms with Crippen LogP contribution in [0.2, 0.25) is 0 Å². The Balaban J connectivity index is 2.88. The molecule has 0 aliphatic carbocycles. The van der Waals surface area contributed by atoms with Gasteiger partial charge in [-0.2, -0.15) is 13.2 Å². The average Bonchev–Trinajstić information content (AvgIpc) is 2.14. The molecule has 3 nitrogen and oxygen atoms in total. The van der Waals surface area contributed by atoms with Gasteiger partial charge in [0.05, 0.1) is 12.2 Å². The lowest BCUT2D eigenvalue weighted by molar-refractivity contribution is -0.137. The maximum atomic E-state index is 12.2. The summed E-state index contributed by atoms with van der Waals surface area (Å²) in [5.41, 5.74) is -0.508. The number of nitrogens with two attached hydrogens (primary N) is 1.